The second kappa shape index (κ2) is 7.74. The zero-order valence-corrected chi connectivity index (χ0v) is 15.1. The molecule has 1 aliphatic rings. The van der Waals surface area contributed by atoms with Crippen molar-refractivity contribution in [2.45, 2.75) is 38.5 Å². The SMILES string of the molecule is CC(C(=O)[O-])c1ccc(CC2CCCC2=O)cc1-c1ccc(C(=O)[O-])cc1. The van der Waals surface area contributed by atoms with E-state index in [1.54, 1.807) is 25.1 Å². The van der Waals surface area contributed by atoms with E-state index in [1.165, 1.54) is 12.1 Å². The van der Waals surface area contributed by atoms with E-state index in [9.17, 15) is 24.6 Å². The zero-order valence-electron chi connectivity index (χ0n) is 15.1. The second-order valence-corrected chi connectivity index (χ2v) is 7.09. The first-order valence-electron chi connectivity index (χ1n) is 9.05. The van der Waals surface area contributed by atoms with E-state index in [2.05, 4.69) is 0 Å². The van der Waals surface area contributed by atoms with Crippen LogP contribution >= 0.6 is 0 Å². The van der Waals surface area contributed by atoms with Gasteiger partial charge in [0.15, 0.2) is 0 Å². The summed E-state index contributed by atoms with van der Waals surface area (Å²) in [6.07, 6.45) is 3.05. The highest BCUT2D eigenvalue weighted by molar-refractivity contribution is 5.87. The molecule has 2 unspecified atom stereocenters. The fraction of sp³-hybridized carbons (Fsp3) is 0.318. The fourth-order valence-corrected chi connectivity index (χ4v) is 3.66. The van der Waals surface area contributed by atoms with Gasteiger partial charge in [0.2, 0.25) is 0 Å². The summed E-state index contributed by atoms with van der Waals surface area (Å²) >= 11 is 0. The van der Waals surface area contributed by atoms with E-state index >= 15 is 0 Å². The molecule has 5 heteroatoms. The lowest BCUT2D eigenvalue weighted by molar-refractivity contribution is -0.307. The number of aromatic carboxylic acids is 1. The number of hydrogen-bond donors (Lipinski definition) is 0. The molecule has 1 aliphatic carbocycles. The van der Waals surface area contributed by atoms with Gasteiger partial charge in [-0.3, -0.25) is 4.79 Å². The van der Waals surface area contributed by atoms with Crippen LogP contribution in [0.2, 0.25) is 0 Å². The number of rotatable bonds is 6. The molecule has 5 nitrogen and oxygen atoms in total. The van der Waals surface area contributed by atoms with E-state index in [0.29, 0.717) is 29.5 Å². The van der Waals surface area contributed by atoms with E-state index in [4.69, 9.17) is 0 Å². The van der Waals surface area contributed by atoms with Gasteiger partial charge in [0.25, 0.3) is 0 Å². The van der Waals surface area contributed by atoms with Crippen LogP contribution in [0.15, 0.2) is 42.5 Å². The monoisotopic (exact) mass is 364 g/mol. The minimum Gasteiger partial charge on any atom is -0.550 e. The van der Waals surface area contributed by atoms with Crippen molar-refractivity contribution in [3.63, 3.8) is 0 Å². The lowest BCUT2D eigenvalue weighted by atomic mass is 9.87. The first-order chi connectivity index (χ1) is 12.9. The maximum absolute atomic E-state index is 12.0. The van der Waals surface area contributed by atoms with Gasteiger partial charge < -0.3 is 19.8 Å². The molecule has 0 amide bonds. The minimum atomic E-state index is -1.27. The summed E-state index contributed by atoms with van der Waals surface area (Å²) in [4.78, 5) is 34.3. The van der Waals surface area contributed by atoms with Gasteiger partial charge in [0, 0.05) is 24.2 Å². The number of hydrogen-bond acceptors (Lipinski definition) is 5. The van der Waals surface area contributed by atoms with Gasteiger partial charge in [-0.25, -0.2) is 0 Å². The lowest BCUT2D eigenvalue weighted by Crippen LogP contribution is -2.28. The van der Waals surface area contributed by atoms with Crippen LogP contribution in [0.5, 0.6) is 0 Å². The molecule has 0 aromatic heterocycles. The average Bonchev–Trinajstić information content (AvgIpc) is 3.05. The van der Waals surface area contributed by atoms with E-state index in [0.717, 1.165) is 18.4 Å². The summed E-state index contributed by atoms with van der Waals surface area (Å²) < 4.78 is 0. The molecule has 2 aromatic rings. The lowest BCUT2D eigenvalue weighted by Gasteiger charge is -2.20. The van der Waals surface area contributed by atoms with E-state index in [-0.39, 0.29) is 17.3 Å². The Hall–Kier alpha value is -2.95. The molecule has 0 spiro atoms. The summed E-state index contributed by atoms with van der Waals surface area (Å²) in [6, 6.07) is 11.7. The van der Waals surface area contributed by atoms with Gasteiger partial charge in [-0.05, 0) is 47.1 Å². The van der Waals surface area contributed by atoms with Gasteiger partial charge in [0.1, 0.15) is 5.78 Å². The Morgan fingerprint density at radius 1 is 1.11 bits per heavy atom. The Morgan fingerprint density at radius 2 is 1.81 bits per heavy atom. The van der Waals surface area contributed by atoms with Crippen LogP contribution in [0.4, 0.5) is 0 Å². The third-order valence-corrected chi connectivity index (χ3v) is 5.28. The molecule has 140 valence electrons. The summed E-state index contributed by atoms with van der Waals surface area (Å²) in [5, 5.41) is 22.4. The van der Waals surface area contributed by atoms with Crippen molar-refractivity contribution in [2.24, 2.45) is 5.92 Å². The highest BCUT2D eigenvalue weighted by Crippen LogP contribution is 2.33. The predicted molar refractivity (Wildman–Crippen MR) is 95.7 cm³/mol. The quantitative estimate of drug-likeness (QED) is 0.773. The third kappa shape index (κ3) is 4.08. The predicted octanol–water partition coefficient (Wildman–Crippen LogP) is 1.48. The molecular formula is C22H20O5-2. The highest BCUT2D eigenvalue weighted by atomic mass is 16.4. The Balaban J connectivity index is 2.01. The van der Waals surface area contributed by atoms with E-state index in [1.807, 2.05) is 12.1 Å². The maximum atomic E-state index is 12.0. The number of benzene rings is 2. The molecule has 27 heavy (non-hydrogen) atoms. The Bertz CT molecular complexity index is 882. The Kier molecular flexibility index (Phi) is 5.40. The normalized spacial score (nSPS) is 17.7. The third-order valence-electron chi connectivity index (χ3n) is 5.28. The number of carbonyl (C=O) groups is 3. The first-order valence-corrected chi connectivity index (χ1v) is 9.05. The Labute approximate surface area is 157 Å². The van der Waals surface area contributed by atoms with E-state index < -0.39 is 17.9 Å². The number of Topliss-reactive ketones (excluding diaryl/α,β-unsaturated/α-hetero) is 1. The van der Waals surface area contributed by atoms with Crippen LogP contribution in [0.1, 0.15) is 53.6 Å². The number of aliphatic carboxylic acids is 1. The second-order valence-electron chi connectivity index (χ2n) is 7.09. The summed E-state index contributed by atoms with van der Waals surface area (Å²) in [6.45, 7) is 1.56. The van der Waals surface area contributed by atoms with Gasteiger partial charge in [-0.1, -0.05) is 49.4 Å². The van der Waals surface area contributed by atoms with Crippen molar-refractivity contribution in [1.29, 1.82) is 0 Å². The molecule has 0 radical (unpaired) electrons. The standard InChI is InChI=1S/C22H22O5/c1-13(21(24)25)18-10-5-14(11-17-3-2-4-20(17)23)12-19(18)15-6-8-16(9-7-15)22(26)27/h5-10,12-13,17H,2-4,11H2,1H3,(H,24,25)(H,26,27)/p-2. The van der Waals surface area contributed by atoms with Crippen molar-refractivity contribution in [2.75, 3.05) is 0 Å². The molecule has 2 atom stereocenters. The average molecular weight is 364 g/mol. The Morgan fingerprint density at radius 3 is 2.37 bits per heavy atom. The first kappa shape index (κ1) is 18.8. The van der Waals surface area contributed by atoms with Crippen LogP contribution < -0.4 is 10.2 Å². The molecule has 0 aliphatic heterocycles. The van der Waals surface area contributed by atoms with Crippen LogP contribution in [0, 0.1) is 5.92 Å². The van der Waals surface area contributed by atoms with Crippen LogP contribution in [0.3, 0.4) is 0 Å². The molecule has 2 aromatic carbocycles. The smallest absolute Gasteiger partial charge is 0.136 e. The van der Waals surface area contributed by atoms with Gasteiger partial charge in [-0.2, -0.15) is 0 Å². The topological polar surface area (TPSA) is 97.3 Å². The summed E-state index contributed by atoms with van der Waals surface area (Å²) in [5.41, 5.74) is 3.03. The van der Waals surface area contributed by atoms with Crippen molar-refractivity contribution < 1.29 is 24.6 Å². The molecule has 1 fully saturated rings. The highest BCUT2D eigenvalue weighted by Gasteiger charge is 2.25. The van der Waals surface area contributed by atoms with Gasteiger partial charge >= 0.3 is 0 Å². The molecule has 0 N–H and O–H groups in total. The van der Waals surface area contributed by atoms with Crippen molar-refractivity contribution >= 4 is 17.7 Å². The fourth-order valence-electron chi connectivity index (χ4n) is 3.66. The number of ketones is 1. The summed E-state index contributed by atoms with van der Waals surface area (Å²) in [5.74, 6) is -2.97. The van der Waals surface area contributed by atoms with Crippen molar-refractivity contribution in [3.05, 3.63) is 59.2 Å². The number of carboxylic acids is 2. The maximum Gasteiger partial charge on any atom is 0.136 e. The number of carbonyl (C=O) groups excluding carboxylic acids is 3. The molecule has 0 bridgehead atoms. The van der Waals surface area contributed by atoms with Gasteiger partial charge in [-0.15, -0.1) is 0 Å². The molecule has 1 saturated carbocycles. The number of carboxylic acid groups (broad SMARTS) is 2. The molecule has 3 rings (SSSR count). The molecular weight excluding hydrogens is 344 g/mol. The van der Waals surface area contributed by atoms with Gasteiger partial charge in [0.05, 0.1) is 5.97 Å². The minimum absolute atomic E-state index is 0.0164. The van der Waals surface area contributed by atoms with Crippen LogP contribution in [-0.2, 0) is 16.0 Å². The van der Waals surface area contributed by atoms with Crippen LogP contribution in [0.25, 0.3) is 11.1 Å². The molecule has 0 heterocycles. The summed E-state index contributed by atoms with van der Waals surface area (Å²) in [7, 11) is 0. The molecule has 0 saturated heterocycles. The van der Waals surface area contributed by atoms with Crippen molar-refractivity contribution in [1.82, 2.24) is 0 Å². The van der Waals surface area contributed by atoms with Crippen molar-refractivity contribution in [3.8, 4) is 11.1 Å². The largest absolute Gasteiger partial charge is 0.550 e. The zero-order chi connectivity index (χ0) is 19.6. The van der Waals surface area contributed by atoms with Crippen LogP contribution in [-0.4, -0.2) is 17.7 Å².